The molecular weight excluding hydrogens is 1770 g/mol. The Morgan fingerprint density at radius 2 is 1.38 bits per heavy atom. The number of hydrogen-bond acceptors (Lipinski definition) is 28. The second-order valence-electron chi connectivity index (χ2n) is 36.2. The van der Waals surface area contributed by atoms with Crippen molar-refractivity contribution in [2.24, 2.45) is 50.3 Å². The number of halogens is 2. The van der Waals surface area contributed by atoms with Gasteiger partial charge in [0.2, 0.25) is 41.4 Å². The summed E-state index contributed by atoms with van der Waals surface area (Å²) in [6.45, 7) is 8.28. The fraction of sp³-hybridized carbons (Fsp3) is 0.615. The molecule has 19 atom stereocenters. The van der Waals surface area contributed by atoms with Crippen molar-refractivity contribution < 1.29 is 130 Å². The predicted octanol–water partition coefficient (Wildman–Crippen LogP) is 3.68. The van der Waals surface area contributed by atoms with Crippen molar-refractivity contribution in [3.05, 3.63) is 119 Å². The van der Waals surface area contributed by atoms with E-state index >= 15 is 8.78 Å². The average Bonchev–Trinajstić information content (AvgIpc) is 1.48. The molecule has 6 fully saturated rings. The number of rotatable bonds is 47. The smallest absolute Gasteiger partial charge is 0.407 e. The van der Waals surface area contributed by atoms with Crippen LogP contribution in [0.2, 0.25) is 0 Å². The number of carbonyl (C=O) groups is 11. The number of anilines is 2. The number of primary amides is 1. The van der Waals surface area contributed by atoms with Crippen molar-refractivity contribution in [1.29, 1.82) is 0 Å². The molecule has 40 heteroatoms. The lowest BCUT2D eigenvalue weighted by Gasteiger charge is -2.63. The lowest BCUT2D eigenvalue weighted by Crippen LogP contribution is -2.71. The van der Waals surface area contributed by atoms with Gasteiger partial charge in [-0.05, 0) is 155 Å². The SMILES string of the molecule is CCCC1O[C@@H]2CC3[C@@H]4C[C@H](F)C5=CC(=O)C=C[C@]5(C)[C@@]4(F)[C@@H](O)C[C@]3(C)[C@]2(C(=O)CNC(=O)OCc2ccc(NC(=O)[C@H](CCCNC(N)=O)NC(=O)[C@@H](NC(=O)[C@@H](CCCCNC(=O)COC3CCCCCC(=N[C@@H]4O[C@H](CO)[C@H](O)[C@H](O)[C@H]4O)C3=NN)NC(=O)CCOCCOCCOCCOCCNC(=O)CCC(=O)N3Cc4ccccc4C#Cc4ccccc43)C(C)C)cc2)O1. The van der Waals surface area contributed by atoms with E-state index in [0.717, 1.165) is 29.2 Å². The number of fused-ring (bicyclic) bond motifs is 9. The number of nitrogens with zero attached hydrogens (tertiary/aromatic N) is 3. The van der Waals surface area contributed by atoms with Crippen LogP contribution in [0.5, 0.6) is 0 Å². The van der Waals surface area contributed by atoms with E-state index in [1.807, 2.05) is 55.5 Å². The second-order valence-corrected chi connectivity index (χ2v) is 36.2. The Kier molecular flexibility index (Phi) is 39.0. The van der Waals surface area contributed by atoms with Crippen molar-refractivity contribution in [2.45, 2.75) is 254 Å². The van der Waals surface area contributed by atoms with Crippen LogP contribution in [0.1, 0.15) is 172 Å². The van der Waals surface area contributed by atoms with Crippen molar-refractivity contribution in [3.8, 4) is 11.8 Å². The Balaban J connectivity index is 0.641. The number of nitrogens with two attached hydrogens (primary N) is 2. The van der Waals surface area contributed by atoms with Gasteiger partial charge in [0.05, 0.1) is 96.2 Å². The van der Waals surface area contributed by atoms with E-state index in [9.17, 15) is 78.3 Å². The number of allylic oxidation sites excluding steroid dienone is 4. The third-order valence-electron chi connectivity index (χ3n) is 26.7. The molecule has 17 N–H and O–H groups in total. The summed E-state index contributed by atoms with van der Waals surface area (Å²) in [6.07, 6.45) is -7.42. The highest BCUT2D eigenvalue weighted by Crippen LogP contribution is 2.72. The summed E-state index contributed by atoms with van der Waals surface area (Å²) >= 11 is 0. The summed E-state index contributed by atoms with van der Waals surface area (Å²) in [5, 5.41) is 78.9. The fourth-order valence-electron chi connectivity index (χ4n) is 19.5. The molecule has 3 aromatic carbocycles. The van der Waals surface area contributed by atoms with Gasteiger partial charge in [-0.15, -0.1) is 0 Å². The first-order valence-electron chi connectivity index (χ1n) is 46.9. The normalized spacial score (nSPS) is 27.7. The largest absolute Gasteiger partial charge is 0.445 e. The number of benzene rings is 3. The number of alkyl carbamates (subject to hydrolysis) is 1. The minimum Gasteiger partial charge on any atom is -0.445 e. The maximum Gasteiger partial charge on any atom is 0.407 e. The Labute approximate surface area is 788 Å². The van der Waals surface area contributed by atoms with Crippen LogP contribution in [0.3, 0.4) is 0 Å². The van der Waals surface area contributed by atoms with E-state index in [0.29, 0.717) is 56.3 Å². The third kappa shape index (κ3) is 26.4. The van der Waals surface area contributed by atoms with Gasteiger partial charge in [0.15, 0.2) is 35.4 Å². The molecule has 4 saturated carbocycles. The quantitative estimate of drug-likeness (QED) is 0.0166. The summed E-state index contributed by atoms with van der Waals surface area (Å²) in [6, 6.07) is 16.5. The second kappa shape index (κ2) is 50.1. The Morgan fingerprint density at radius 3 is 2.09 bits per heavy atom. The van der Waals surface area contributed by atoms with E-state index in [1.54, 1.807) is 37.8 Å². The van der Waals surface area contributed by atoms with E-state index < -0.39 is 192 Å². The molecule has 38 nitrogen and oxygen atoms in total. The van der Waals surface area contributed by atoms with Crippen LogP contribution in [-0.2, 0) is 98.9 Å². The van der Waals surface area contributed by atoms with Crippen LogP contribution in [0.25, 0.3) is 0 Å². The number of aliphatic hydroxyl groups excluding tert-OH is 5. The number of ketones is 2. The number of aliphatic hydroxyl groups is 5. The lowest BCUT2D eigenvalue weighted by atomic mass is 9.44. The molecule has 0 bridgehead atoms. The monoisotopic (exact) mass is 1900 g/mol. The van der Waals surface area contributed by atoms with Crippen LogP contribution in [0.4, 0.5) is 29.7 Å². The molecule has 136 heavy (non-hydrogen) atoms. The number of nitrogens with one attached hydrogen (secondary N) is 8. The van der Waals surface area contributed by atoms with Gasteiger partial charge >= 0.3 is 12.1 Å². The molecule has 11 rings (SSSR count). The van der Waals surface area contributed by atoms with Gasteiger partial charge in [0, 0.05) is 72.5 Å². The Morgan fingerprint density at radius 1 is 0.699 bits per heavy atom. The van der Waals surface area contributed by atoms with Gasteiger partial charge < -0.3 is 127 Å². The summed E-state index contributed by atoms with van der Waals surface area (Å²) in [5.74, 6) is 4.81. The maximum absolute atomic E-state index is 18.1. The van der Waals surface area contributed by atoms with Gasteiger partial charge in [-0.3, -0.25) is 48.1 Å². The molecule has 3 unspecified atom stereocenters. The van der Waals surface area contributed by atoms with E-state index in [2.05, 4.69) is 64.5 Å². The fourth-order valence-corrected chi connectivity index (χ4v) is 19.5. The summed E-state index contributed by atoms with van der Waals surface area (Å²) in [7, 11) is 0. The minimum absolute atomic E-state index is 0.00155. The number of alkyl halides is 2. The van der Waals surface area contributed by atoms with E-state index in [4.69, 9.17) is 54.2 Å². The Bertz CT molecular complexity index is 4860. The van der Waals surface area contributed by atoms with Gasteiger partial charge in [0.25, 0.3) is 0 Å². The van der Waals surface area contributed by atoms with E-state index in [1.165, 1.54) is 31.2 Å². The third-order valence-corrected chi connectivity index (χ3v) is 26.7. The number of carbonyl (C=O) groups excluding carboxylic acids is 11. The number of amides is 10. The molecule has 744 valence electrons. The minimum atomic E-state index is -2.43. The molecule has 0 aromatic heterocycles. The number of aliphatic imine (C=N–C) groups is 1. The molecule has 0 spiro atoms. The first-order valence-corrected chi connectivity index (χ1v) is 46.9. The molecule has 8 aliphatic rings. The van der Waals surface area contributed by atoms with Crippen LogP contribution in [-0.4, -0.2) is 285 Å². The molecular formula is C96H131F2N13O25. The molecule has 2 saturated heterocycles. The highest BCUT2D eigenvalue weighted by molar-refractivity contribution is 6.44. The van der Waals surface area contributed by atoms with Gasteiger partial charge in [0.1, 0.15) is 73.7 Å². The highest BCUT2D eigenvalue weighted by Gasteiger charge is 2.80. The molecule has 10 amide bonds. The number of hydrogen-bond donors (Lipinski definition) is 15. The molecule has 3 aliphatic heterocycles. The van der Waals surface area contributed by atoms with Crippen LogP contribution in [0, 0.1) is 40.4 Å². The predicted molar refractivity (Wildman–Crippen MR) is 490 cm³/mol. The number of unbranched alkanes of at least 4 members (excludes halogenated alkanes) is 1. The van der Waals surface area contributed by atoms with Gasteiger partial charge in [-0.25, -0.2) is 18.4 Å². The molecule has 3 heterocycles. The standard InChI is InChI=1S/C96H131F2N13O25/c1-6-17-81-135-76-50-64-65-49-67(97)66-48-63(113)34-36-93(66,4)95(65,98)74(114)51-94(64,5)96(76,136-81)75(115)52-104-92(127)133-55-58-26-30-62(31-27-58)105-87(123)70(23-16-38-103-91(99)126)107-89(125)82(57(2)3)109-88(124)69(22-14-15-37-101-79(118)56-132-72-25-9-7-8-21-68(83(72)110-100)108-90-86(122)85(121)84(120)73(54-112)134-90)106-78(117)35-40-128-42-44-130-46-47-131-45-43-129-41-39-102-77(116)32-33-80(119)111-53-61-20-11-10-18-59(61)28-29-60-19-12-13-24-71(60)111/h10-13,18-20,24,26-27,30-31,34,36,48,57,64-65,67,69-70,72-74,76,81-82,84-86,90,112,114,120-122H,6-9,14-17,21-23,25,32-33,35,37-47,49-56,100H2,1-5H3,(H,101,118)(H,102,116)(H,104,127)(H,105,123)(H,106,117)(H,107,125)(H,109,124)(H3,99,103,126)/t64?,65-,67-,69+,70-,72?,73+,74-,76+,81?,82-,84-,85-,86+,90+,93-,94-,95-,96+/m0/s1. The van der Waals surface area contributed by atoms with Crippen molar-refractivity contribution in [1.82, 2.24) is 37.2 Å². The number of Topliss-reactive ketones (excluding diaryl/α,β-unsaturated/α-hetero) is 1. The first kappa shape index (κ1) is 106. The average molecular weight is 1910 g/mol. The molecule has 3 aromatic rings. The van der Waals surface area contributed by atoms with Crippen LogP contribution in [0.15, 0.2) is 107 Å². The molecule has 0 radical (unpaired) electrons. The summed E-state index contributed by atoms with van der Waals surface area (Å²) in [5.41, 5.74) is 2.39. The zero-order chi connectivity index (χ0) is 97.9. The zero-order valence-electron chi connectivity index (χ0n) is 77.6. The first-order chi connectivity index (χ1) is 65.3. The topological polar surface area (TPSA) is 548 Å². The highest BCUT2D eigenvalue weighted by atomic mass is 19.1. The van der Waals surface area contributed by atoms with Crippen LogP contribution < -0.4 is 59.0 Å². The summed E-state index contributed by atoms with van der Waals surface area (Å²) < 4.78 is 87.2. The summed E-state index contributed by atoms with van der Waals surface area (Å²) in [4.78, 5) is 156. The van der Waals surface area contributed by atoms with Crippen molar-refractivity contribution >= 4 is 87.8 Å². The zero-order valence-corrected chi connectivity index (χ0v) is 77.6. The van der Waals surface area contributed by atoms with Crippen LogP contribution >= 0.6 is 0 Å². The molecule has 5 aliphatic carbocycles. The van der Waals surface area contributed by atoms with Gasteiger partial charge in [-0.2, -0.15) is 5.10 Å². The lowest BCUT2D eigenvalue weighted by molar-refractivity contribution is -0.233. The Hall–Kier alpha value is -10.7. The van der Waals surface area contributed by atoms with E-state index in [-0.39, 0.29) is 184 Å². The number of hydrazone groups is 1. The number of ether oxygens (including phenoxy) is 9. The van der Waals surface area contributed by atoms with Crippen molar-refractivity contribution in [3.63, 3.8) is 0 Å². The number of urea groups is 1. The number of para-hydroxylation sites is 1. The maximum atomic E-state index is 18.1. The van der Waals surface area contributed by atoms with Crippen molar-refractivity contribution in [2.75, 3.05) is 102 Å². The van der Waals surface area contributed by atoms with Gasteiger partial charge in [-0.1, -0.05) is 107 Å².